The van der Waals surface area contributed by atoms with Gasteiger partial charge in [-0.15, -0.1) is 0 Å². The number of esters is 1. The van der Waals surface area contributed by atoms with E-state index in [2.05, 4.69) is 0 Å². The zero-order valence-corrected chi connectivity index (χ0v) is 17.3. The Bertz CT molecular complexity index is 1440. The Morgan fingerprint density at radius 1 is 0.788 bits per heavy atom. The van der Waals surface area contributed by atoms with E-state index in [1.165, 1.54) is 0 Å². The maximum Gasteiger partial charge on any atom is 0.313 e. The summed E-state index contributed by atoms with van der Waals surface area (Å²) in [4.78, 5) is 51.8. The van der Waals surface area contributed by atoms with Gasteiger partial charge in [0.1, 0.15) is 5.58 Å². The Labute approximate surface area is 187 Å². The molecule has 5 rings (SSSR count). The molecule has 0 atom stereocenters. The number of benzene rings is 3. The Morgan fingerprint density at radius 3 is 2.09 bits per heavy atom. The second-order valence-electron chi connectivity index (χ2n) is 7.48. The van der Waals surface area contributed by atoms with Gasteiger partial charge in [0, 0.05) is 12.1 Å². The first kappa shape index (κ1) is 20.4. The molecule has 3 aromatic carbocycles. The van der Waals surface area contributed by atoms with Gasteiger partial charge < -0.3 is 9.15 Å². The van der Waals surface area contributed by atoms with E-state index in [0.29, 0.717) is 22.3 Å². The molecule has 162 valence electrons. The number of amides is 2. The number of hydrogen-bond acceptors (Lipinski definition) is 6. The molecule has 0 saturated carbocycles. The Morgan fingerprint density at radius 2 is 1.39 bits per heavy atom. The molecule has 2 amide bonds. The van der Waals surface area contributed by atoms with Crippen LogP contribution in [0.4, 0.5) is 0 Å². The minimum atomic E-state index is -0.758. The van der Waals surface area contributed by atoms with Gasteiger partial charge in [0.05, 0.1) is 22.9 Å². The Hall–Kier alpha value is -4.52. The zero-order chi connectivity index (χ0) is 22.9. The van der Waals surface area contributed by atoms with Gasteiger partial charge >= 0.3 is 5.97 Å². The molecule has 33 heavy (non-hydrogen) atoms. The lowest BCUT2D eigenvalue weighted by atomic mass is 10.1. The molecule has 0 aliphatic carbocycles. The third kappa shape index (κ3) is 3.59. The Balaban J connectivity index is 1.42. The molecule has 1 aliphatic heterocycles. The molecule has 0 radical (unpaired) electrons. The van der Waals surface area contributed by atoms with Crippen molar-refractivity contribution in [3.05, 3.63) is 100 Å². The predicted octanol–water partition coefficient (Wildman–Crippen LogP) is 4.05. The smallest absolute Gasteiger partial charge is 0.313 e. The van der Waals surface area contributed by atoms with Gasteiger partial charge in [0.25, 0.3) is 11.8 Å². The number of para-hydroxylation sites is 1. The van der Waals surface area contributed by atoms with Crippen molar-refractivity contribution in [3.8, 4) is 17.1 Å². The minimum Gasteiger partial charge on any atom is -0.452 e. The number of rotatable bonds is 5. The summed E-state index contributed by atoms with van der Waals surface area (Å²) in [7, 11) is 0. The summed E-state index contributed by atoms with van der Waals surface area (Å²) in [6, 6.07) is 22.0. The molecule has 0 N–H and O–H groups in total. The van der Waals surface area contributed by atoms with E-state index in [0.717, 1.165) is 4.90 Å². The van der Waals surface area contributed by atoms with Crippen molar-refractivity contribution in [1.82, 2.24) is 4.90 Å². The zero-order valence-electron chi connectivity index (χ0n) is 17.3. The van der Waals surface area contributed by atoms with Gasteiger partial charge in [-0.2, -0.15) is 0 Å². The fourth-order valence-electron chi connectivity index (χ4n) is 3.81. The van der Waals surface area contributed by atoms with Gasteiger partial charge in [0.15, 0.2) is 5.76 Å². The van der Waals surface area contributed by atoms with E-state index in [1.54, 1.807) is 72.8 Å². The van der Waals surface area contributed by atoms with Crippen LogP contribution in [0, 0.1) is 0 Å². The summed E-state index contributed by atoms with van der Waals surface area (Å²) in [5.74, 6) is -1.77. The number of hydrogen-bond donors (Lipinski definition) is 0. The van der Waals surface area contributed by atoms with Crippen molar-refractivity contribution >= 4 is 28.8 Å². The normalized spacial score (nSPS) is 12.8. The second-order valence-corrected chi connectivity index (χ2v) is 7.48. The van der Waals surface area contributed by atoms with Crippen molar-refractivity contribution in [2.24, 2.45) is 0 Å². The van der Waals surface area contributed by atoms with Crippen LogP contribution in [0.5, 0.6) is 5.75 Å². The SMILES string of the molecule is O=C(CCN1C(=O)c2ccccc2C1=O)Oc1c(-c2ccccc2)oc2ccccc2c1=O. The van der Waals surface area contributed by atoms with E-state index in [9.17, 15) is 19.2 Å². The monoisotopic (exact) mass is 439 g/mol. The first-order chi connectivity index (χ1) is 16.0. The van der Waals surface area contributed by atoms with Gasteiger partial charge in [-0.3, -0.25) is 24.1 Å². The number of imide groups is 1. The highest BCUT2D eigenvalue weighted by Crippen LogP contribution is 2.31. The average Bonchev–Trinajstić information content (AvgIpc) is 3.09. The highest BCUT2D eigenvalue weighted by atomic mass is 16.5. The van der Waals surface area contributed by atoms with E-state index in [4.69, 9.17) is 9.15 Å². The minimum absolute atomic E-state index is 0.133. The predicted molar refractivity (Wildman–Crippen MR) is 120 cm³/mol. The van der Waals surface area contributed by atoms with Crippen LogP contribution in [-0.4, -0.2) is 29.2 Å². The summed E-state index contributed by atoms with van der Waals surface area (Å²) in [5, 5.41) is 0.278. The fraction of sp³-hybridized carbons (Fsp3) is 0.0769. The van der Waals surface area contributed by atoms with Crippen LogP contribution in [-0.2, 0) is 4.79 Å². The van der Waals surface area contributed by atoms with Crippen LogP contribution >= 0.6 is 0 Å². The molecule has 0 saturated heterocycles. The molecule has 7 nitrogen and oxygen atoms in total. The van der Waals surface area contributed by atoms with Gasteiger partial charge in [-0.05, 0) is 24.3 Å². The molecule has 2 heterocycles. The molecule has 0 fully saturated rings. The summed E-state index contributed by atoms with van der Waals surface area (Å²) in [6.45, 7) is -0.162. The van der Waals surface area contributed by atoms with Crippen LogP contribution in [0.2, 0.25) is 0 Å². The van der Waals surface area contributed by atoms with Crippen LogP contribution in [0.1, 0.15) is 27.1 Å². The molecular weight excluding hydrogens is 422 g/mol. The molecule has 7 heteroatoms. The van der Waals surface area contributed by atoms with Gasteiger partial charge in [0.2, 0.25) is 11.2 Å². The lowest BCUT2D eigenvalue weighted by Gasteiger charge is -2.14. The second kappa shape index (κ2) is 8.20. The molecular formula is C26H17NO6. The number of fused-ring (bicyclic) bond motifs is 2. The van der Waals surface area contributed by atoms with E-state index in [1.807, 2.05) is 6.07 Å². The lowest BCUT2D eigenvalue weighted by molar-refractivity contribution is -0.134. The van der Waals surface area contributed by atoms with Gasteiger partial charge in [-0.1, -0.05) is 54.6 Å². The summed E-state index contributed by atoms with van der Waals surface area (Å²) in [6.07, 6.45) is -0.272. The van der Waals surface area contributed by atoms with Crippen molar-refractivity contribution in [3.63, 3.8) is 0 Å². The van der Waals surface area contributed by atoms with Crippen LogP contribution in [0.3, 0.4) is 0 Å². The molecule has 1 aromatic heterocycles. The molecule has 0 unspecified atom stereocenters. The highest BCUT2D eigenvalue weighted by molar-refractivity contribution is 6.21. The van der Waals surface area contributed by atoms with Crippen LogP contribution < -0.4 is 10.2 Å². The number of carbonyl (C=O) groups is 3. The van der Waals surface area contributed by atoms with E-state index < -0.39 is 23.2 Å². The molecule has 0 spiro atoms. The summed E-state index contributed by atoms with van der Waals surface area (Å²) in [5.41, 5.74) is 1.07. The van der Waals surface area contributed by atoms with E-state index >= 15 is 0 Å². The maximum atomic E-state index is 13.1. The van der Waals surface area contributed by atoms with Crippen LogP contribution in [0.15, 0.2) is 88.1 Å². The highest BCUT2D eigenvalue weighted by Gasteiger charge is 2.35. The Kier molecular flexibility index (Phi) is 5.06. The fourth-order valence-corrected chi connectivity index (χ4v) is 3.81. The standard InChI is InChI=1S/C26H17NO6/c28-21(14-15-27-25(30)17-10-4-5-11-18(17)26(27)31)33-24-22(29)19-12-6-7-13-20(19)32-23(24)16-8-2-1-3-9-16/h1-13H,14-15H2. The molecule has 1 aliphatic rings. The quantitative estimate of drug-likeness (QED) is 0.344. The first-order valence-electron chi connectivity index (χ1n) is 10.3. The van der Waals surface area contributed by atoms with Gasteiger partial charge in [-0.25, -0.2) is 0 Å². The third-order valence-electron chi connectivity index (χ3n) is 5.43. The number of ether oxygens (including phenoxy) is 1. The van der Waals surface area contributed by atoms with Crippen molar-refractivity contribution in [2.45, 2.75) is 6.42 Å². The van der Waals surface area contributed by atoms with Crippen molar-refractivity contribution in [1.29, 1.82) is 0 Å². The van der Waals surface area contributed by atoms with E-state index in [-0.39, 0.29) is 29.9 Å². The number of nitrogens with zero attached hydrogens (tertiary/aromatic N) is 1. The summed E-state index contributed by atoms with van der Waals surface area (Å²) < 4.78 is 11.4. The summed E-state index contributed by atoms with van der Waals surface area (Å²) >= 11 is 0. The topological polar surface area (TPSA) is 93.9 Å². The maximum absolute atomic E-state index is 13.1. The lowest BCUT2D eigenvalue weighted by Crippen LogP contribution is -2.32. The number of carbonyl (C=O) groups excluding carboxylic acids is 3. The largest absolute Gasteiger partial charge is 0.452 e. The molecule has 4 aromatic rings. The average molecular weight is 439 g/mol. The third-order valence-corrected chi connectivity index (χ3v) is 5.43. The molecule has 0 bridgehead atoms. The van der Waals surface area contributed by atoms with Crippen LogP contribution in [0.25, 0.3) is 22.3 Å². The first-order valence-corrected chi connectivity index (χ1v) is 10.3. The van der Waals surface area contributed by atoms with Crippen molar-refractivity contribution in [2.75, 3.05) is 6.54 Å². The van der Waals surface area contributed by atoms with Crippen molar-refractivity contribution < 1.29 is 23.5 Å².